The Bertz CT molecular complexity index is 909. The van der Waals surface area contributed by atoms with Gasteiger partial charge in [0.05, 0.1) is 35.1 Å². The maximum Gasteiger partial charge on any atom is 0.407 e. The zero-order chi connectivity index (χ0) is 19.7. The monoisotopic (exact) mass is 404 g/mol. The minimum absolute atomic E-state index is 0.0970. The van der Waals surface area contributed by atoms with Crippen molar-refractivity contribution < 1.29 is 26.4 Å². The molecular formula is C16H24N2O6S2. The molecule has 0 radical (unpaired) electrons. The summed E-state index contributed by atoms with van der Waals surface area (Å²) >= 11 is 0. The van der Waals surface area contributed by atoms with Gasteiger partial charge in [-0.3, -0.25) is 0 Å². The number of hydrogen-bond donors (Lipinski definition) is 2. The number of nitrogens with one attached hydrogen (secondary N) is 2. The van der Waals surface area contributed by atoms with E-state index in [4.69, 9.17) is 4.74 Å². The molecule has 26 heavy (non-hydrogen) atoms. The molecule has 1 saturated heterocycles. The third kappa shape index (κ3) is 4.74. The van der Waals surface area contributed by atoms with E-state index in [1.807, 2.05) is 6.92 Å². The highest BCUT2D eigenvalue weighted by molar-refractivity contribution is 7.92. The fourth-order valence-corrected chi connectivity index (χ4v) is 6.47. The predicted octanol–water partition coefficient (Wildman–Crippen LogP) is 0.802. The maximum absolute atomic E-state index is 12.8. The highest BCUT2D eigenvalue weighted by Gasteiger charge is 2.41. The molecular weight excluding hydrogens is 380 g/mol. The lowest BCUT2D eigenvalue weighted by atomic mass is 10.1. The van der Waals surface area contributed by atoms with E-state index in [1.54, 1.807) is 32.9 Å². The summed E-state index contributed by atoms with van der Waals surface area (Å²) < 4.78 is 56.7. The summed E-state index contributed by atoms with van der Waals surface area (Å²) in [5, 5.41) is 2.43. The Morgan fingerprint density at radius 1 is 1.12 bits per heavy atom. The van der Waals surface area contributed by atoms with Crippen molar-refractivity contribution in [3.05, 3.63) is 28.8 Å². The van der Waals surface area contributed by atoms with Crippen LogP contribution in [0.4, 0.5) is 4.79 Å². The largest absolute Gasteiger partial charge is 0.450 e. The van der Waals surface area contributed by atoms with Crippen molar-refractivity contribution >= 4 is 26.0 Å². The Morgan fingerprint density at radius 2 is 1.69 bits per heavy atom. The molecule has 0 bridgehead atoms. The smallest absolute Gasteiger partial charge is 0.407 e. The summed E-state index contributed by atoms with van der Waals surface area (Å²) in [6.07, 6.45) is -0.777. The quantitative estimate of drug-likeness (QED) is 0.749. The average Bonchev–Trinajstić information content (AvgIpc) is 2.75. The molecule has 2 rings (SSSR count). The molecule has 1 aromatic rings. The first-order valence-corrected chi connectivity index (χ1v) is 11.5. The van der Waals surface area contributed by atoms with Crippen LogP contribution in [0.2, 0.25) is 0 Å². The first kappa shape index (κ1) is 20.7. The SMILES string of the molecule is CCOC(=O)N[C@H]1CS(=O)(=O)C[C@@H]1NS(=O)(=O)c1cc(C)c(C)cc1C. The van der Waals surface area contributed by atoms with Gasteiger partial charge in [-0.2, -0.15) is 0 Å². The number of hydrogen-bond acceptors (Lipinski definition) is 6. The molecule has 1 aliphatic rings. The predicted molar refractivity (Wildman–Crippen MR) is 97.4 cm³/mol. The van der Waals surface area contributed by atoms with Gasteiger partial charge in [0.1, 0.15) is 0 Å². The Hall–Kier alpha value is -1.65. The fraction of sp³-hybridized carbons (Fsp3) is 0.562. The van der Waals surface area contributed by atoms with E-state index < -0.39 is 38.0 Å². The maximum atomic E-state index is 12.8. The van der Waals surface area contributed by atoms with Gasteiger partial charge < -0.3 is 10.1 Å². The van der Waals surface area contributed by atoms with Gasteiger partial charge in [-0.05, 0) is 50.5 Å². The van der Waals surface area contributed by atoms with Crippen LogP contribution in [0, 0.1) is 20.8 Å². The summed E-state index contributed by atoms with van der Waals surface area (Å²) in [4.78, 5) is 11.7. The lowest BCUT2D eigenvalue weighted by molar-refractivity contribution is 0.148. The number of alkyl carbamates (subject to hydrolysis) is 1. The second-order valence-electron chi connectivity index (χ2n) is 6.48. The first-order valence-electron chi connectivity index (χ1n) is 8.19. The number of ether oxygens (including phenoxy) is 1. The minimum atomic E-state index is -3.95. The third-order valence-corrected chi connectivity index (χ3v) is 7.68. The van der Waals surface area contributed by atoms with Gasteiger partial charge in [-0.1, -0.05) is 6.07 Å². The van der Waals surface area contributed by atoms with Crippen molar-refractivity contribution in [3.8, 4) is 0 Å². The van der Waals surface area contributed by atoms with Crippen molar-refractivity contribution in [2.24, 2.45) is 0 Å². The number of aryl methyl sites for hydroxylation is 3. The van der Waals surface area contributed by atoms with Crippen LogP contribution >= 0.6 is 0 Å². The second kappa shape index (κ2) is 7.53. The molecule has 0 aliphatic carbocycles. The molecule has 1 heterocycles. The molecule has 8 nitrogen and oxygen atoms in total. The van der Waals surface area contributed by atoms with Crippen LogP contribution in [-0.2, 0) is 24.6 Å². The van der Waals surface area contributed by atoms with E-state index in [0.717, 1.165) is 11.1 Å². The topological polar surface area (TPSA) is 119 Å². The molecule has 1 amide bonds. The second-order valence-corrected chi connectivity index (χ2v) is 10.3. The Balaban J connectivity index is 2.28. The number of sulfone groups is 1. The van der Waals surface area contributed by atoms with Crippen molar-refractivity contribution in [3.63, 3.8) is 0 Å². The van der Waals surface area contributed by atoms with Crippen molar-refractivity contribution in [1.82, 2.24) is 10.0 Å². The summed E-state index contributed by atoms with van der Waals surface area (Å²) in [7, 11) is -7.43. The zero-order valence-corrected chi connectivity index (χ0v) is 16.8. The summed E-state index contributed by atoms with van der Waals surface area (Å²) in [6, 6.07) is 1.48. The lowest BCUT2D eigenvalue weighted by Crippen LogP contribution is -2.51. The zero-order valence-electron chi connectivity index (χ0n) is 15.2. The molecule has 0 saturated carbocycles. The van der Waals surface area contributed by atoms with E-state index in [9.17, 15) is 21.6 Å². The van der Waals surface area contributed by atoms with Gasteiger partial charge in [0.25, 0.3) is 0 Å². The molecule has 1 aromatic carbocycles. The Labute approximate surface area is 154 Å². The van der Waals surface area contributed by atoms with Crippen LogP contribution in [0.3, 0.4) is 0 Å². The van der Waals surface area contributed by atoms with Crippen LogP contribution in [0.1, 0.15) is 23.6 Å². The van der Waals surface area contributed by atoms with Gasteiger partial charge in [0.15, 0.2) is 9.84 Å². The Kier molecular flexibility index (Phi) is 5.99. The van der Waals surface area contributed by atoms with Crippen molar-refractivity contribution in [1.29, 1.82) is 0 Å². The molecule has 0 aromatic heterocycles. The molecule has 2 N–H and O–H groups in total. The van der Waals surface area contributed by atoms with Gasteiger partial charge >= 0.3 is 6.09 Å². The third-order valence-electron chi connectivity index (χ3n) is 4.32. The molecule has 10 heteroatoms. The van der Waals surface area contributed by atoms with E-state index in [1.165, 1.54) is 0 Å². The lowest BCUT2D eigenvalue weighted by Gasteiger charge is -2.21. The number of benzene rings is 1. The molecule has 0 unspecified atom stereocenters. The first-order chi connectivity index (χ1) is 11.9. The van der Waals surface area contributed by atoms with Gasteiger partial charge in [-0.25, -0.2) is 26.4 Å². The van der Waals surface area contributed by atoms with Crippen LogP contribution in [0.5, 0.6) is 0 Å². The molecule has 146 valence electrons. The van der Waals surface area contributed by atoms with Gasteiger partial charge in [0, 0.05) is 0 Å². The van der Waals surface area contributed by atoms with Crippen molar-refractivity contribution in [2.45, 2.75) is 44.7 Å². The number of sulfonamides is 1. The Morgan fingerprint density at radius 3 is 2.31 bits per heavy atom. The number of rotatable bonds is 5. The minimum Gasteiger partial charge on any atom is -0.450 e. The number of carbonyl (C=O) groups is 1. The number of carbonyl (C=O) groups excluding carboxylic acids is 1. The fourth-order valence-electron chi connectivity index (χ4n) is 2.92. The standard InChI is InChI=1S/C16H24N2O6S2/c1-5-24-16(19)17-13-8-25(20,21)9-14(13)18-26(22,23)15-7-11(3)10(2)6-12(15)4/h6-7,13-14,18H,5,8-9H2,1-4H3,(H,17,19)/t13-,14-/m0/s1. The van der Waals surface area contributed by atoms with E-state index >= 15 is 0 Å². The molecule has 1 aliphatic heterocycles. The van der Waals surface area contributed by atoms with Crippen LogP contribution in [0.25, 0.3) is 0 Å². The molecule has 2 atom stereocenters. The van der Waals surface area contributed by atoms with E-state index in [2.05, 4.69) is 10.0 Å². The summed E-state index contributed by atoms with van der Waals surface area (Å²) in [6.45, 7) is 7.12. The molecule has 0 spiro atoms. The van der Waals surface area contributed by atoms with Crippen LogP contribution in [0.15, 0.2) is 17.0 Å². The van der Waals surface area contributed by atoms with Crippen LogP contribution in [-0.4, -0.2) is 53.1 Å². The normalized spacial score (nSPS) is 22.2. The highest BCUT2D eigenvalue weighted by Crippen LogP contribution is 2.22. The van der Waals surface area contributed by atoms with E-state index in [0.29, 0.717) is 5.56 Å². The number of amides is 1. The van der Waals surface area contributed by atoms with E-state index in [-0.39, 0.29) is 23.0 Å². The van der Waals surface area contributed by atoms with Crippen LogP contribution < -0.4 is 10.0 Å². The van der Waals surface area contributed by atoms with Gasteiger partial charge in [-0.15, -0.1) is 0 Å². The molecule has 1 fully saturated rings. The van der Waals surface area contributed by atoms with Gasteiger partial charge in [0.2, 0.25) is 10.0 Å². The summed E-state index contributed by atoms with van der Waals surface area (Å²) in [5.74, 6) is -0.724. The summed E-state index contributed by atoms with van der Waals surface area (Å²) in [5.41, 5.74) is 2.35. The van der Waals surface area contributed by atoms with Crippen molar-refractivity contribution in [2.75, 3.05) is 18.1 Å². The average molecular weight is 405 g/mol. The highest BCUT2D eigenvalue weighted by atomic mass is 32.2.